The lowest BCUT2D eigenvalue weighted by molar-refractivity contribution is 0.172. The van der Waals surface area contributed by atoms with Crippen molar-refractivity contribution >= 4 is 7.60 Å². The molecule has 0 fully saturated rings. The average molecular weight is 193 g/mol. The third-order valence-corrected chi connectivity index (χ3v) is 2.98. The summed E-state index contributed by atoms with van der Waals surface area (Å²) in [5.74, 6) is 0. The Balaban J connectivity index is 5.06. The fraction of sp³-hybridized carbons (Fsp3) is 0.333. The maximum absolute atomic E-state index is 10.8. The number of aliphatic hydroxyl groups is 1. The van der Waals surface area contributed by atoms with E-state index in [1.807, 2.05) is 0 Å². The minimum atomic E-state index is -4.62. The summed E-state index contributed by atoms with van der Waals surface area (Å²) in [7, 11) is -4.62. The Kier molecular flexibility index (Phi) is 3.38. The highest BCUT2D eigenvalue weighted by molar-refractivity contribution is 7.53. The molecule has 0 heterocycles. The van der Waals surface area contributed by atoms with Crippen molar-refractivity contribution in [1.29, 1.82) is 0 Å². The topological polar surface area (TPSA) is 104 Å². The highest BCUT2D eigenvalue weighted by Crippen LogP contribution is 2.49. The van der Waals surface area contributed by atoms with Crippen LogP contribution >= 0.6 is 7.60 Å². The van der Waals surface area contributed by atoms with Gasteiger partial charge in [0.2, 0.25) is 0 Å². The van der Waals surface area contributed by atoms with Gasteiger partial charge in [-0.25, -0.2) is 0 Å². The van der Waals surface area contributed by atoms with Crippen LogP contribution < -0.4 is 5.73 Å². The van der Waals surface area contributed by atoms with Gasteiger partial charge in [0.1, 0.15) is 6.10 Å². The van der Waals surface area contributed by atoms with E-state index >= 15 is 0 Å². The van der Waals surface area contributed by atoms with Crippen LogP contribution in [0.4, 0.5) is 0 Å². The Morgan fingerprint density at radius 1 is 1.50 bits per heavy atom. The van der Waals surface area contributed by atoms with Crippen molar-refractivity contribution in [3.8, 4) is 0 Å². The molecule has 0 aliphatic carbocycles. The molecule has 0 aromatic heterocycles. The van der Waals surface area contributed by atoms with E-state index in [2.05, 4.69) is 13.2 Å². The van der Waals surface area contributed by atoms with Crippen LogP contribution in [0.15, 0.2) is 25.3 Å². The molecule has 0 bridgehead atoms. The van der Waals surface area contributed by atoms with Gasteiger partial charge in [-0.1, -0.05) is 12.2 Å². The molecule has 0 aliphatic rings. The van der Waals surface area contributed by atoms with Gasteiger partial charge in [0, 0.05) is 0 Å². The molecule has 6 heteroatoms. The Hall–Kier alpha value is -0.450. The number of nitrogens with two attached hydrogens (primary N) is 1. The molecule has 0 rings (SSSR count). The van der Waals surface area contributed by atoms with E-state index in [0.29, 0.717) is 0 Å². The number of hydrogen-bond acceptors (Lipinski definition) is 3. The van der Waals surface area contributed by atoms with Crippen molar-refractivity contribution in [3.05, 3.63) is 25.3 Å². The highest BCUT2D eigenvalue weighted by Gasteiger charge is 2.45. The number of hydrogen-bond donors (Lipinski definition) is 4. The standard InChI is InChI=1S/C6H12NO4P/c1-3-5(8)6(7,4-2)12(9,10)11/h3-5,8H,1-2,7H2,(H2,9,10,11). The minimum absolute atomic E-state index is 0.820. The van der Waals surface area contributed by atoms with Crippen LogP contribution in [0, 0.1) is 0 Å². The van der Waals surface area contributed by atoms with Gasteiger partial charge < -0.3 is 20.6 Å². The van der Waals surface area contributed by atoms with Crippen molar-refractivity contribution in [3.63, 3.8) is 0 Å². The van der Waals surface area contributed by atoms with Crippen LogP contribution in [0.3, 0.4) is 0 Å². The van der Waals surface area contributed by atoms with Crippen molar-refractivity contribution in [2.45, 2.75) is 11.4 Å². The first-order chi connectivity index (χ1) is 5.29. The fourth-order valence-corrected chi connectivity index (χ4v) is 1.29. The van der Waals surface area contributed by atoms with E-state index in [0.717, 1.165) is 12.2 Å². The summed E-state index contributed by atoms with van der Waals surface area (Å²) in [6.45, 7) is 6.31. The summed E-state index contributed by atoms with van der Waals surface area (Å²) in [5.41, 5.74) is 5.23. The molecule has 0 saturated heterocycles. The molecule has 0 aromatic rings. The van der Waals surface area contributed by atoms with Crippen LogP contribution in [-0.2, 0) is 4.57 Å². The van der Waals surface area contributed by atoms with Gasteiger partial charge in [0.25, 0.3) is 0 Å². The van der Waals surface area contributed by atoms with Crippen LogP contribution in [0.5, 0.6) is 0 Å². The molecule has 5 nitrogen and oxygen atoms in total. The van der Waals surface area contributed by atoms with E-state index in [9.17, 15) is 4.57 Å². The second-order valence-corrected chi connectivity index (χ2v) is 4.18. The molecular formula is C6H12NO4P. The first kappa shape index (κ1) is 11.6. The molecule has 2 atom stereocenters. The zero-order chi connectivity index (χ0) is 9.99. The monoisotopic (exact) mass is 193 g/mol. The van der Waals surface area contributed by atoms with E-state index in [1.165, 1.54) is 0 Å². The third-order valence-electron chi connectivity index (χ3n) is 1.53. The van der Waals surface area contributed by atoms with Gasteiger partial charge in [-0.05, 0) is 0 Å². The summed E-state index contributed by atoms with van der Waals surface area (Å²) in [5, 5.41) is 6.96. The molecule has 0 radical (unpaired) electrons. The molecule has 70 valence electrons. The third kappa shape index (κ3) is 1.83. The van der Waals surface area contributed by atoms with Gasteiger partial charge >= 0.3 is 7.60 Å². The van der Waals surface area contributed by atoms with Crippen molar-refractivity contribution in [2.24, 2.45) is 5.73 Å². The summed E-state index contributed by atoms with van der Waals surface area (Å²) in [6.07, 6.45) is 0.247. The van der Waals surface area contributed by atoms with E-state index in [1.54, 1.807) is 0 Å². The molecular weight excluding hydrogens is 181 g/mol. The van der Waals surface area contributed by atoms with E-state index < -0.39 is 19.0 Å². The summed E-state index contributed by atoms with van der Waals surface area (Å²) in [4.78, 5) is 17.5. The van der Waals surface area contributed by atoms with Crippen molar-refractivity contribution < 1.29 is 19.5 Å². The van der Waals surface area contributed by atoms with Gasteiger partial charge in [0.15, 0.2) is 5.28 Å². The lowest BCUT2D eigenvalue weighted by Gasteiger charge is -2.29. The second kappa shape index (κ2) is 3.51. The molecule has 0 spiro atoms. The summed E-state index contributed by atoms with van der Waals surface area (Å²) >= 11 is 0. The number of rotatable bonds is 4. The molecule has 0 amide bonds. The molecule has 0 saturated carbocycles. The Bertz CT molecular complexity index is 236. The predicted molar refractivity (Wildman–Crippen MR) is 45.4 cm³/mol. The van der Waals surface area contributed by atoms with Crippen LogP contribution in [0.2, 0.25) is 0 Å². The zero-order valence-corrected chi connectivity index (χ0v) is 7.32. The molecule has 0 aliphatic heterocycles. The maximum atomic E-state index is 10.8. The summed E-state index contributed by atoms with van der Waals surface area (Å²) < 4.78 is 10.8. The SMILES string of the molecule is C=CC(O)C(N)(C=C)P(=O)(O)O. The first-order valence-electron chi connectivity index (χ1n) is 3.08. The smallest absolute Gasteiger partial charge is 0.352 e. The molecule has 0 aromatic carbocycles. The zero-order valence-electron chi connectivity index (χ0n) is 6.42. The quantitative estimate of drug-likeness (QED) is 0.357. The largest absolute Gasteiger partial charge is 0.386 e. The summed E-state index contributed by atoms with van der Waals surface area (Å²) in [6, 6.07) is 0. The Morgan fingerprint density at radius 2 is 1.92 bits per heavy atom. The fourth-order valence-electron chi connectivity index (χ4n) is 0.601. The highest BCUT2D eigenvalue weighted by atomic mass is 31.2. The van der Waals surface area contributed by atoms with E-state index in [4.69, 9.17) is 20.6 Å². The molecule has 12 heavy (non-hydrogen) atoms. The second-order valence-electron chi connectivity index (χ2n) is 2.32. The molecule has 2 unspecified atom stereocenters. The van der Waals surface area contributed by atoms with Crippen LogP contribution in [-0.4, -0.2) is 26.3 Å². The Labute approximate surface area is 70.4 Å². The van der Waals surface area contributed by atoms with E-state index in [-0.39, 0.29) is 0 Å². The van der Waals surface area contributed by atoms with Crippen molar-refractivity contribution in [2.75, 3.05) is 0 Å². The van der Waals surface area contributed by atoms with Gasteiger partial charge in [0.05, 0.1) is 0 Å². The minimum Gasteiger partial charge on any atom is -0.386 e. The maximum Gasteiger partial charge on any atom is 0.352 e. The number of aliphatic hydroxyl groups excluding tert-OH is 1. The molecule has 5 N–H and O–H groups in total. The Morgan fingerprint density at radius 3 is 2.00 bits per heavy atom. The lowest BCUT2D eigenvalue weighted by Crippen LogP contribution is -2.47. The van der Waals surface area contributed by atoms with Crippen molar-refractivity contribution in [1.82, 2.24) is 0 Å². The average Bonchev–Trinajstić information content (AvgIpc) is 1.99. The first-order valence-corrected chi connectivity index (χ1v) is 4.69. The van der Waals surface area contributed by atoms with Gasteiger partial charge in [-0.2, -0.15) is 0 Å². The lowest BCUT2D eigenvalue weighted by atomic mass is 10.1. The van der Waals surface area contributed by atoms with Crippen LogP contribution in [0.1, 0.15) is 0 Å². The normalized spacial score (nSPS) is 19.3. The van der Waals surface area contributed by atoms with Crippen LogP contribution in [0.25, 0.3) is 0 Å². The predicted octanol–water partition coefficient (Wildman–Crippen LogP) is -0.448. The van der Waals surface area contributed by atoms with Gasteiger partial charge in [-0.15, -0.1) is 13.2 Å². The van der Waals surface area contributed by atoms with Gasteiger partial charge in [-0.3, -0.25) is 4.57 Å².